The number of hydrogen-bond acceptors (Lipinski definition) is 5. The van der Waals surface area contributed by atoms with E-state index in [1.54, 1.807) is 20.7 Å². The monoisotopic (exact) mass is 389 g/mol. The Hall–Kier alpha value is -1.34. The third-order valence-electron chi connectivity index (χ3n) is 4.35. The molecule has 0 saturated heterocycles. The Bertz CT molecular complexity index is 994. The van der Waals surface area contributed by atoms with Crippen LogP contribution in [0.15, 0.2) is 35.7 Å². The first-order chi connectivity index (χ1) is 11.4. The number of amides is 1. The standard InChI is InChI=1S/C18H15NOS4/c1-10-6-7-11-12(9-10)19(16(20)13-5-4-8-22-13)18(2,3)15-14(11)17(21)24-23-15/h4-9H,1-3H3. The number of thiophene rings is 1. The summed E-state index contributed by atoms with van der Waals surface area (Å²) < 4.78 is 0.913. The molecule has 1 aromatic carbocycles. The van der Waals surface area contributed by atoms with Gasteiger partial charge >= 0.3 is 0 Å². The van der Waals surface area contributed by atoms with E-state index < -0.39 is 5.54 Å². The van der Waals surface area contributed by atoms with Crippen molar-refractivity contribution in [2.75, 3.05) is 4.90 Å². The molecule has 2 aromatic heterocycles. The summed E-state index contributed by atoms with van der Waals surface area (Å²) in [6, 6.07) is 10.1. The minimum atomic E-state index is -0.421. The van der Waals surface area contributed by atoms with E-state index in [-0.39, 0.29) is 5.91 Å². The number of carbonyl (C=O) groups excluding carboxylic acids is 1. The van der Waals surface area contributed by atoms with Gasteiger partial charge in [-0.15, -0.1) is 11.3 Å². The van der Waals surface area contributed by atoms with E-state index in [0.717, 1.165) is 31.1 Å². The van der Waals surface area contributed by atoms with Crippen molar-refractivity contribution < 1.29 is 4.79 Å². The van der Waals surface area contributed by atoms with Crippen LogP contribution in [0.1, 0.15) is 34.0 Å². The molecule has 4 rings (SSSR count). The zero-order chi connectivity index (χ0) is 17.1. The van der Waals surface area contributed by atoms with Gasteiger partial charge in [0.15, 0.2) is 0 Å². The highest BCUT2D eigenvalue weighted by Crippen LogP contribution is 2.52. The molecular formula is C18H15NOS4. The van der Waals surface area contributed by atoms with Crippen molar-refractivity contribution in [3.8, 4) is 11.1 Å². The van der Waals surface area contributed by atoms with Gasteiger partial charge in [-0.25, -0.2) is 0 Å². The topological polar surface area (TPSA) is 20.3 Å². The van der Waals surface area contributed by atoms with Crippen molar-refractivity contribution >= 4 is 55.8 Å². The minimum Gasteiger partial charge on any atom is -0.296 e. The van der Waals surface area contributed by atoms with Crippen molar-refractivity contribution in [2.24, 2.45) is 0 Å². The third-order valence-corrected chi connectivity index (χ3v) is 8.53. The SMILES string of the molecule is Cc1ccc2c(c1)N(C(=O)c1cccs1)C(C)(C)c1ssc(=S)c1-2. The summed E-state index contributed by atoms with van der Waals surface area (Å²) in [5.41, 5.74) is 3.89. The Kier molecular flexibility index (Phi) is 3.76. The smallest absolute Gasteiger partial charge is 0.269 e. The Morgan fingerprint density at radius 3 is 2.71 bits per heavy atom. The van der Waals surface area contributed by atoms with Crippen LogP contribution in [0, 0.1) is 10.7 Å². The number of fused-ring (bicyclic) bond motifs is 3. The van der Waals surface area contributed by atoms with E-state index >= 15 is 0 Å². The van der Waals surface area contributed by atoms with Gasteiger partial charge in [-0.1, -0.05) is 51.1 Å². The predicted octanol–water partition coefficient (Wildman–Crippen LogP) is 6.47. The first-order valence-electron chi connectivity index (χ1n) is 7.54. The summed E-state index contributed by atoms with van der Waals surface area (Å²) >= 11 is 7.08. The first-order valence-corrected chi connectivity index (χ1v) is 11.0. The zero-order valence-corrected chi connectivity index (χ0v) is 16.7. The Labute approximate surface area is 157 Å². The summed E-state index contributed by atoms with van der Waals surface area (Å²) in [6.45, 7) is 6.28. The normalized spacial score (nSPS) is 15.0. The minimum absolute atomic E-state index is 0.0526. The van der Waals surface area contributed by atoms with Gasteiger partial charge in [-0.05, 0) is 43.8 Å². The molecular weight excluding hydrogens is 374 g/mol. The van der Waals surface area contributed by atoms with Gasteiger partial charge < -0.3 is 0 Å². The van der Waals surface area contributed by atoms with E-state index in [1.807, 2.05) is 22.4 Å². The van der Waals surface area contributed by atoms with Gasteiger partial charge in [-0.2, -0.15) is 0 Å². The molecule has 3 heterocycles. The van der Waals surface area contributed by atoms with Crippen LogP contribution in [0.25, 0.3) is 11.1 Å². The number of benzene rings is 1. The van der Waals surface area contributed by atoms with E-state index in [1.165, 1.54) is 16.2 Å². The fraction of sp³-hybridized carbons (Fsp3) is 0.222. The number of hydrogen-bond donors (Lipinski definition) is 0. The van der Waals surface area contributed by atoms with Crippen molar-refractivity contribution in [1.29, 1.82) is 0 Å². The third kappa shape index (κ3) is 2.24. The quantitative estimate of drug-likeness (QED) is 0.351. The van der Waals surface area contributed by atoms with E-state index in [0.29, 0.717) is 0 Å². The van der Waals surface area contributed by atoms with Crippen molar-refractivity contribution in [2.45, 2.75) is 26.3 Å². The maximum atomic E-state index is 13.3. The van der Waals surface area contributed by atoms with Crippen molar-refractivity contribution in [3.63, 3.8) is 0 Å². The average Bonchev–Trinajstić information content (AvgIpc) is 3.17. The first kappa shape index (κ1) is 16.1. The van der Waals surface area contributed by atoms with Crippen LogP contribution in [0.5, 0.6) is 0 Å². The summed E-state index contributed by atoms with van der Waals surface area (Å²) in [5.74, 6) is 0.0526. The van der Waals surface area contributed by atoms with Gasteiger partial charge in [0.1, 0.15) is 3.82 Å². The highest BCUT2D eigenvalue weighted by Gasteiger charge is 2.43. The molecule has 1 aliphatic rings. The Morgan fingerprint density at radius 2 is 2.00 bits per heavy atom. The van der Waals surface area contributed by atoms with Crippen LogP contribution in [0.3, 0.4) is 0 Å². The highest BCUT2D eigenvalue weighted by atomic mass is 32.9. The molecule has 6 heteroatoms. The molecule has 0 N–H and O–H groups in total. The van der Waals surface area contributed by atoms with Gasteiger partial charge in [-0.3, -0.25) is 9.69 Å². The van der Waals surface area contributed by atoms with Crippen LogP contribution < -0.4 is 4.90 Å². The second-order valence-electron chi connectivity index (χ2n) is 6.36. The maximum Gasteiger partial charge on any atom is 0.269 e. The molecule has 0 aliphatic carbocycles. The van der Waals surface area contributed by atoms with Gasteiger partial charge in [0.05, 0.1) is 21.0 Å². The molecule has 3 aromatic rings. The van der Waals surface area contributed by atoms with Crippen LogP contribution >= 0.6 is 44.2 Å². The summed E-state index contributed by atoms with van der Waals surface area (Å²) in [7, 11) is 3.31. The van der Waals surface area contributed by atoms with Gasteiger partial charge in [0.2, 0.25) is 0 Å². The van der Waals surface area contributed by atoms with Crippen LogP contribution in [0.4, 0.5) is 5.69 Å². The Morgan fingerprint density at radius 1 is 1.21 bits per heavy atom. The summed E-state index contributed by atoms with van der Waals surface area (Å²) in [5, 5.41) is 1.95. The second-order valence-corrected chi connectivity index (χ2v) is 10.1. The molecule has 2 nitrogen and oxygen atoms in total. The van der Waals surface area contributed by atoms with E-state index in [2.05, 4.69) is 39.0 Å². The van der Waals surface area contributed by atoms with Crippen LogP contribution in [0.2, 0.25) is 0 Å². The molecule has 0 saturated carbocycles. The number of aryl methyl sites for hydroxylation is 1. The molecule has 1 amide bonds. The molecule has 0 unspecified atom stereocenters. The highest BCUT2D eigenvalue weighted by molar-refractivity contribution is 7.80. The van der Waals surface area contributed by atoms with E-state index in [9.17, 15) is 4.79 Å². The molecule has 122 valence electrons. The molecule has 0 radical (unpaired) electrons. The summed E-state index contributed by atoms with van der Waals surface area (Å²) in [4.78, 5) is 17.2. The van der Waals surface area contributed by atoms with Gasteiger partial charge in [0, 0.05) is 11.1 Å². The van der Waals surface area contributed by atoms with Crippen molar-refractivity contribution in [1.82, 2.24) is 0 Å². The molecule has 0 fully saturated rings. The number of anilines is 1. The number of rotatable bonds is 1. The second kappa shape index (κ2) is 5.59. The zero-order valence-electron chi connectivity index (χ0n) is 13.5. The van der Waals surface area contributed by atoms with Crippen molar-refractivity contribution in [3.05, 3.63) is 54.9 Å². The number of carbonyl (C=O) groups is 1. The summed E-state index contributed by atoms with van der Waals surface area (Å²) in [6.07, 6.45) is 0. The molecule has 1 aliphatic heterocycles. The maximum absolute atomic E-state index is 13.3. The Balaban J connectivity index is 2.03. The van der Waals surface area contributed by atoms with Crippen LogP contribution in [-0.2, 0) is 5.54 Å². The molecule has 0 bridgehead atoms. The molecule has 0 atom stereocenters. The molecule has 24 heavy (non-hydrogen) atoms. The lowest BCUT2D eigenvalue weighted by Crippen LogP contribution is -2.47. The fourth-order valence-electron chi connectivity index (χ4n) is 3.21. The lowest BCUT2D eigenvalue weighted by atomic mass is 9.86. The van der Waals surface area contributed by atoms with Gasteiger partial charge in [0.25, 0.3) is 5.91 Å². The molecule has 0 spiro atoms. The lowest BCUT2D eigenvalue weighted by Gasteiger charge is -2.42. The largest absolute Gasteiger partial charge is 0.296 e. The van der Waals surface area contributed by atoms with Crippen LogP contribution in [-0.4, -0.2) is 5.91 Å². The van der Waals surface area contributed by atoms with E-state index in [4.69, 9.17) is 12.2 Å². The average molecular weight is 390 g/mol. The predicted molar refractivity (Wildman–Crippen MR) is 107 cm³/mol. The fourth-order valence-corrected chi connectivity index (χ4v) is 7.14. The lowest BCUT2D eigenvalue weighted by molar-refractivity contribution is 0.0965. The number of nitrogens with zero attached hydrogens (tertiary/aromatic N) is 1.